The molecular weight excluding hydrogens is 240 g/mol. The Labute approximate surface area is 112 Å². The number of carbonyl (C=O) groups excluding carboxylic acids is 1. The Kier molecular flexibility index (Phi) is 3.25. The molecule has 1 amide bonds. The van der Waals surface area contributed by atoms with Crippen molar-refractivity contribution in [2.45, 2.75) is 19.4 Å². The van der Waals surface area contributed by atoms with Crippen molar-refractivity contribution in [2.24, 2.45) is 5.92 Å². The van der Waals surface area contributed by atoms with Gasteiger partial charge < -0.3 is 15.1 Å². The maximum atomic E-state index is 12.1. The molecule has 1 aromatic heterocycles. The van der Waals surface area contributed by atoms with Gasteiger partial charge in [0.1, 0.15) is 11.3 Å². The molecule has 0 spiro atoms. The topological polar surface area (TPSA) is 54.3 Å². The van der Waals surface area contributed by atoms with Crippen LogP contribution in [-0.2, 0) is 4.79 Å². The summed E-state index contributed by atoms with van der Waals surface area (Å²) in [7, 11) is 0. The summed E-state index contributed by atoms with van der Waals surface area (Å²) in [5.41, 5.74) is 0.862. The Balaban J connectivity index is 1.72. The van der Waals surface area contributed by atoms with Crippen LogP contribution >= 0.6 is 0 Å². The second-order valence-corrected chi connectivity index (χ2v) is 5.11. The molecule has 1 fully saturated rings. The van der Waals surface area contributed by atoms with Crippen LogP contribution in [0.15, 0.2) is 34.7 Å². The van der Waals surface area contributed by atoms with Gasteiger partial charge in [0.05, 0.1) is 12.0 Å². The third-order valence-electron chi connectivity index (χ3n) is 3.66. The van der Waals surface area contributed by atoms with Gasteiger partial charge in [-0.3, -0.25) is 4.79 Å². The van der Waals surface area contributed by atoms with Crippen LogP contribution in [0.1, 0.15) is 25.1 Å². The number of rotatable bonds is 3. The number of amides is 1. The zero-order valence-corrected chi connectivity index (χ0v) is 11.0. The number of furan rings is 1. The lowest BCUT2D eigenvalue weighted by Crippen LogP contribution is -2.33. The van der Waals surface area contributed by atoms with Crippen molar-refractivity contribution in [3.63, 3.8) is 0 Å². The molecule has 1 aliphatic heterocycles. The van der Waals surface area contributed by atoms with E-state index in [4.69, 9.17) is 4.42 Å². The first-order valence-electron chi connectivity index (χ1n) is 6.73. The lowest BCUT2D eigenvalue weighted by Gasteiger charge is -2.14. The van der Waals surface area contributed by atoms with Gasteiger partial charge in [0, 0.05) is 11.9 Å². The minimum absolute atomic E-state index is 0.0897. The van der Waals surface area contributed by atoms with E-state index in [0.717, 1.165) is 36.2 Å². The van der Waals surface area contributed by atoms with Gasteiger partial charge in [-0.1, -0.05) is 18.2 Å². The van der Waals surface area contributed by atoms with E-state index in [1.807, 2.05) is 37.3 Å². The van der Waals surface area contributed by atoms with Gasteiger partial charge in [0.15, 0.2) is 0 Å². The molecule has 1 aromatic carbocycles. The Bertz CT molecular complexity index is 552. The first-order valence-corrected chi connectivity index (χ1v) is 6.73. The quantitative estimate of drug-likeness (QED) is 0.887. The fourth-order valence-electron chi connectivity index (χ4n) is 2.50. The van der Waals surface area contributed by atoms with E-state index < -0.39 is 0 Å². The van der Waals surface area contributed by atoms with Crippen LogP contribution in [0.25, 0.3) is 11.0 Å². The van der Waals surface area contributed by atoms with Gasteiger partial charge in [-0.15, -0.1) is 0 Å². The first kappa shape index (κ1) is 12.2. The third kappa shape index (κ3) is 2.49. The Morgan fingerprint density at radius 3 is 3.05 bits per heavy atom. The fraction of sp³-hybridized carbons (Fsp3) is 0.400. The molecule has 1 aliphatic rings. The molecule has 0 aliphatic carbocycles. The fourth-order valence-corrected chi connectivity index (χ4v) is 2.50. The van der Waals surface area contributed by atoms with Crippen molar-refractivity contribution < 1.29 is 9.21 Å². The van der Waals surface area contributed by atoms with E-state index in [-0.39, 0.29) is 17.9 Å². The minimum Gasteiger partial charge on any atom is -0.459 e. The maximum absolute atomic E-state index is 12.1. The monoisotopic (exact) mass is 258 g/mol. The summed E-state index contributed by atoms with van der Waals surface area (Å²) in [5, 5.41) is 7.30. The number of carbonyl (C=O) groups is 1. The van der Waals surface area contributed by atoms with Crippen molar-refractivity contribution in [3.05, 3.63) is 36.1 Å². The molecule has 0 saturated carbocycles. The molecule has 4 nitrogen and oxygen atoms in total. The molecule has 4 heteroatoms. The summed E-state index contributed by atoms with van der Waals surface area (Å²) in [6.45, 7) is 3.66. The second-order valence-electron chi connectivity index (χ2n) is 5.11. The molecule has 1 saturated heterocycles. The number of nitrogens with one attached hydrogen (secondary N) is 2. The van der Waals surface area contributed by atoms with Crippen LogP contribution in [0.2, 0.25) is 0 Å². The zero-order chi connectivity index (χ0) is 13.2. The van der Waals surface area contributed by atoms with Gasteiger partial charge in [-0.25, -0.2) is 0 Å². The molecule has 2 N–H and O–H groups in total. The molecule has 3 rings (SSSR count). The van der Waals surface area contributed by atoms with E-state index in [0.29, 0.717) is 0 Å². The van der Waals surface area contributed by atoms with Crippen LogP contribution in [0, 0.1) is 5.92 Å². The van der Waals surface area contributed by atoms with Crippen LogP contribution in [-0.4, -0.2) is 19.0 Å². The number of fused-ring (bicyclic) bond motifs is 1. The molecule has 2 unspecified atom stereocenters. The standard InChI is InChI=1S/C15H18N2O2/c1-10(17-15(18)12-6-7-16-9-12)14-8-11-4-2-3-5-13(11)19-14/h2-5,8,10,12,16H,6-7,9H2,1H3,(H,17,18). The SMILES string of the molecule is CC(NC(=O)C1CCNC1)c1cc2ccccc2o1. The van der Waals surface area contributed by atoms with Crippen LogP contribution in [0.5, 0.6) is 0 Å². The summed E-state index contributed by atoms with van der Waals surface area (Å²) in [6.07, 6.45) is 0.915. The van der Waals surface area contributed by atoms with Crippen LogP contribution < -0.4 is 10.6 Å². The van der Waals surface area contributed by atoms with Gasteiger partial charge in [0.2, 0.25) is 5.91 Å². The molecule has 2 atom stereocenters. The number of benzene rings is 1. The van der Waals surface area contributed by atoms with Crippen LogP contribution in [0.3, 0.4) is 0 Å². The smallest absolute Gasteiger partial charge is 0.225 e. The van der Waals surface area contributed by atoms with Crippen molar-refractivity contribution in [1.29, 1.82) is 0 Å². The van der Waals surface area contributed by atoms with Gasteiger partial charge in [-0.2, -0.15) is 0 Å². The molecule has 0 radical (unpaired) electrons. The highest BCUT2D eigenvalue weighted by atomic mass is 16.3. The molecular formula is C15H18N2O2. The van der Waals surface area contributed by atoms with E-state index >= 15 is 0 Å². The minimum atomic E-state index is -0.0968. The largest absolute Gasteiger partial charge is 0.459 e. The number of hydrogen-bond donors (Lipinski definition) is 2. The summed E-state index contributed by atoms with van der Waals surface area (Å²) in [5.74, 6) is 1.00. The highest BCUT2D eigenvalue weighted by Crippen LogP contribution is 2.24. The number of para-hydroxylation sites is 1. The van der Waals surface area contributed by atoms with Gasteiger partial charge in [0.25, 0.3) is 0 Å². The predicted octanol–water partition coefficient (Wildman–Crippen LogP) is 2.22. The van der Waals surface area contributed by atoms with Crippen molar-refractivity contribution >= 4 is 16.9 Å². The molecule has 2 heterocycles. The third-order valence-corrected chi connectivity index (χ3v) is 3.66. The van der Waals surface area contributed by atoms with E-state index in [2.05, 4.69) is 10.6 Å². The van der Waals surface area contributed by atoms with Crippen molar-refractivity contribution in [2.75, 3.05) is 13.1 Å². The number of hydrogen-bond acceptors (Lipinski definition) is 3. The molecule has 19 heavy (non-hydrogen) atoms. The molecule has 0 bridgehead atoms. The highest BCUT2D eigenvalue weighted by molar-refractivity contribution is 5.80. The van der Waals surface area contributed by atoms with Crippen LogP contribution in [0.4, 0.5) is 0 Å². The van der Waals surface area contributed by atoms with Gasteiger partial charge >= 0.3 is 0 Å². The maximum Gasteiger partial charge on any atom is 0.225 e. The second kappa shape index (κ2) is 5.05. The zero-order valence-electron chi connectivity index (χ0n) is 11.0. The average Bonchev–Trinajstić information content (AvgIpc) is 3.07. The molecule has 100 valence electrons. The van der Waals surface area contributed by atoms with Crippen molar-refractivity contribution in [3.8, 4) is 0 Å². The van der Waals surface area contributed by atoms with Crippen molar-refractivity contribution in [1.82, 2.24) is 10.6 Å². The lowest BCUT2D eigenvalue weighted by atomic mass is 10.1. The van der Waals surface area contributed by atoms with E-state index in [1.54, 1.807) is 0 Å². The highest BCUT2D eigenvalue weighted by Gasteiger charge is 2.24. The summed E-state index contributed by atoms with van der Waals surface area (Å²) < 4.78 is 5.76. The average molecular weight is 258 g/mol. The Morgan fingerprint density at radius 2 is 2.32 bits per heavy atom. The summed E-state index contributed by atoms with van der Waals surface area (Å²) in [4.78, 5) is 12.1. The summed E-state index contributed by atoms with van der Waals surface area (Å²) >= 11 is 0. The predicted molar refractivity (Wildman–Crippen MR) is 73.7 cm³/mol. The Hall–Kier alpha value is -1.81. The lowest BCUT2D eigenvalue weighted by molar-refractivity contribution is -0.125. The first-order chi connectivity index (χ1) is 9.24. The normalized spacial score (nSPS) is 20.6. The molecule has 2 aromatic rings. The summed E-state index contributed by atoms with van der Waals surface area (Å²) in [6, 6.07) is 9.78. The Morgan fingerprint density at radius 1 is 1.47 bits per heavy atom. The van der Waals surface area contributed by atoms with Gasteiger partial charge in [-0.05, 0) is 32.0 Å². The van der Waals surface area contributed by atoms with E-state index in [9.17, 15) is 4.79 Å². The van der Waals surface area contributed by atoms with E-state index in [1.165, 1.54) is 0 Å².